The first-order chi connectivity index (χ1) is 9.78. The number of amides is 1. The van der Waals surface area contributed by atoms with Crippen molar-refractivity contribution in [2.75, 3.05) is 13.2 Å². The van der Waals surface area contributed by atoms with Gasteiger partial charge in [0.25, 0.3) is 0 Å². The highest BCUT2D eigenvalue weighted by Crippen LogP contribution is 2.16. The van der Waals surface area contributed by atoms with Gasteiger partial charge in [-0.05, 0) is 31.2 Å². The van der Waals surface area contributed by atoms with Crippen molar-refractivity contribution >= 4 is 5.91 Å². The largest absolute Gasteiger partial charge is 0.394 e. The molecule has 0 aliphatic carbocycles. The van der Waals surface area contributed by atoms with Crippen LogP contribution in [-0.4, -0.2) is 36.4 Å². The van der Waals surface area contributed by atoms with Crippen molar-refractivity contribution in [1.82, 2.24) is 5.32 Å². The van der Waals surface area contributed by atoms with Crippen molar-refractivity contribution in [1.29, 1.82) is 0 Å². The molecular weight excluding hydrogens is 254 g/mol. The Labute approximate surface area is 120 Å². The van der Waals surface area contributed by atoms with Crippen LogP contribution in [0.1, 0.15) is 31.2 Å². The second-order valence-electron chi connectivity index (χ2n) is 5.31. The highest BCUT2D eigenvalue weighted by Gasteiger charge is 2.18. The molecule has 1 fully saturated rings. The zero-order valence-corrected chi connectivity index (χ0v) is 11.8. The standard InChI is InChI=1S/C16H23NO3/c18-12-14(11-13-5-2-1-3-6-13)17-16(19)9-8-15-7-4-10-20-15/h1-3,5-6,14-15,18H,4,7-12H2,(H,17,19)/t14-,15?/m0/s1. The van der Waals surface area contributed by atoms with Gasteiger partial charge < -0.3 is 15.2 Å². The van der Waals surface area contributed by atoms with Crippen LogP contribution in [0.15, 0.2) is 30.3 Å². The predicted molar refractivity (Wildman–Crippen MR) is 77.4 cm³/mol. The van der Waals surface area contributed by atoms with Crippen molar-refractivity contribution < 1.29 is 14.6 Å². The highest BCUT2D eigenvalue weighted by atomic mass is 16.5. The third-order valence-corrected chi connectivity index (χ3v) is 3.63. The molecule has 4 heteroatoms. The lowest BCUT2D eigenvalue weighted by atomic mass is 10.1. The summed E-state index contributed by atoms with van der Waals surface area (Å²) in [5.41, 5.74) is 1.12. The van der Waals surface area contributed by atoms with Gasteiger partial charge in [-0.1, -0.05) is 30.3 Å². The van der Waals surface area contributed by atoms with Crippen molar-refractivity contribution in [2.24, 2.45) is 0 Å². The second-order valence-corrected chi connectivity index (χ2v) is 5.31. The monoisotopic (exact) mass is 277 g/mol. The summed E-state index contributed by atoms with van der Waals surface area (Å²) < 4.78 is 5.50. The average molecular weight is 277 g/mol. The van der Waals surface area contributed by atoms with E-state index in [1.807, 2.05) is 30.3 Å². The van der Waals surface area contributed by atoms with Gasteiger partial charge >= 0.3 is 0 Å². The van der Waals surface area contributed by atoms with Crippen LogP contribution >= 0.6 is 0 Å². The first-order valence-corrected chi connectivity index (χ1v) is 7.33. The van der Waals surface area contributed by atoms with E-state index in [2.05, 4.69) is 5.32 Å². The topological polar surface area (TPSA) is 58.6 Å². The van der Waals surface area contributed by atoms with Crippen LogP contribution in [0.3, 0.4) is 0 Å². The molecule has 110 valence electrons. The lowest BCUT2D eigenvalue weighted by molar-refractivity contribution is -0.122. The van der Waals surface area contributed by atoms with E-state index in [0.717, 1.165) is 31.4 Å². The Bertz CT molecular complexity index is 401. The van der Waals surface area contributed by atoms with E-state index in [4.69, 9.17) is 4.74 Å². The van der Waals surface area contributed by atoms with Crippen LogP contribution in [-0.2, 0) is 16.0 Å². The minimum absolute atomic E-state index is 0.00418. The van der Waals surface area contributed by atoms with E-state index in [-0.39, 0.29) is 24.7 Å². The Balaban J connectivity index is 1.72. The summed E-state index contributed by atoms with van der Waals surface area (Å²) in [6, 6.07) is 9.67. The number of nitrogens with one attached hydrogen (secondary N) is 1. The Morgan fingerprint density at radius 3 is 2.85 bits per heavy atom. The average Bonchev–Trinajstić information content (AvgIpc) is 2.99. The molecule has 20 heavy (non-hydrogen) atoms. The lowest BCUT2D eigenvalue weighted by Gasteiger charge is -2.17. The van der Waals surface area contributed by atoms with Gasteiger partial charge in [0.2, 0.25) is 5.91 Å². The van der Waals surface area contributed by atoms with Gasteiger partial charge in [-0.25, -0.2) is 0 Å². The Morgan fingerprint density at radius 1 is 1.40 bits per heavy atom. The summed E-state index contributed by atoms with van der Waals surface area (Å²) in [5, 5.41) is 12.3. The van der Waals surface area contributed by atoms with Crippen LogP contribution in [0.2, 0.25) is 0 Å². The molecular formula is C16H23NO3. The molecule has 2 N–H and O–H groups in total. The molecule has 1 aliphatic rings. The fourth-order valence-corrected chi connectivity index (χ4v) is 2.52. The van der Waals surface area contributed by atoms with Gasteiger partial charge in [0, 0.05) is 13.0 Å². The Hall–Kier alpha value is -1.39. The van der Waals surface area contributed by atoms with Gasteiger partial charge in [0.05, 0.1) is 18.8 Å². The minimum Gasteiger partial charge on any atom is -0.394 e. The fourth-order valence-electron chi connectivity index (χ4n) is 2.52. The summed E-state index contributed by atoms with van der Waals surface area (Å²) in [5.74, 6) is -0.00418. The zero-order chi connectivity index (χ0) is 14.2. The SMILES string of the molecule is O=C(CCC1CCCO1)N[C@H](CO)Cc1ccccc1. The number of ether oxygens (including phenoxy) is 1. The predicted octanol–water partition coefficient (Wildman–Crippen LogP) is 1.67. The molecule has 1 aromatic rings. The maximum atomic E-state index is 11.9. The number of carbonyl (C=O) groups excluding carboxylic acids is 1. The highest BCUT2D eigenvalue weighted by molar-refractivity contribution is 5.76. The molecule has 4 nitrogen and oxygen atoms in total. The zero-order valence-electron chi connectivity index (χ0n) is 11.8. The van der Waals surface area contributed by atoms with Gasteiger partial charge in [-0.15, -0.1) is 0 Å². The molecule has 0 saturated carbocycles. The molecule has 0 spiro atoms. The van der Waals surface area contributed by atoms with Crippen molar-refractivity contribution in [3.63, 3.8) is 0 Å². The van der Waals surface area contributed by atoms with Gasteiger partial charge in [0.15, 0.2) is 0 Å². The summed E-state index contributed by atoms with van der Waals surface area (Å²) in [6.07, 6.45) is 4.29. The molecule has 1 unspecified atom stereocenters. The first kappa shape index (κ1) is 15.0. The maximum absolute atomic E-state index is 11.9. The first-order valence-electron chi connectivity index (χ1n) is 7.33. The van der Waals surface area contributed by atoms with Crippen LogP contribution in [0.4, 0.5) is 0 Å². The number of aliphatic hydroxyl groups excluding tert-OH is 1. The van der Waals surface area contributed by atoms with Crippen molar-refractivity contribution in [2.45, 2.75) is 44.2 Å². The molecule has 1 aromatic carbocycles. The summed E-state index contributed by atoms with van der Waals surface area (Å²) in [6.45, 7) is 0.778. The summed E-state index contributed by atoms with van der Waals surface area (Å²) in [4.78, 5) is 11.9. The number of hydrogen-bond donors (Lipinski definition) is 2. The molecule has 0 bridgehead atoms. The quantitative estimate of drug-likeness (QED) is 0.797. The minimum atomic E-state index is -0.214. The van der Waals surface area contributed by atoms with Gasteiger partial charge in [-0.3, -0.25) is 4.79 Å². The van der Waals surface area contributed by atoms with E-state index < -0.39 is 0 Å². The van der Waals surface area contributed by atoms with Crippen LogP contribution < -0.4 is 5.32 Å². The molecule has 2 atom stereocenters. The number of carbonyl (C=O) groups is 1. The van der Waals surface area contributed by atoms with Crippen LogP contribution in [0, 0.1) is 0 Å². The molecule has 1 amide bonds. The summed E-state index contributed by atoms with van der Waals surface area (Å²) in [7, 11) is 0. The van der Waals surface area contributed by atoms with E-state index in [0.29, 0.717) is 12.8 Å². The Kier molecular flexibility index (Phi) is 6.02. The second kappa shape index (κ2) is 8.02. The number of aliphatic hydroxyl groups is 1. The normalized spacial score (nSPS) is 19.8. The van der Waals surface area contributed by atoms with Gasteiger partial charge in [0.1, 0.15) is 0 Å². The molecule has 0 aromatic heterocycles. The Morgan fingerprint density at radius 2 is 2.20 bits per heavy atom. The molecule has 0 radical (unpaired) electrons. The van der Waals surface area contributed by atoms with Crippen molar-refractivity contribution in [3.8, 4) is 0 Å². The molecule has 1 aliphatic heterocycles. The van der Waals surface area contributed by atoms with Crippen LogP contribution in [0.5, 0.6) is 0 Å². The molecule has 2 rings (SSSR count). The van der Waals surface area contributed by atoms with E-state index >= 15 is 0 Å². The number of benzene rings is 1. The fraction of sp³-hybridized carbons (Fsp3) is 0.562. The van der Waals surface area contributed by atoms with Crippen molar-refractivity contribution in [3.05, 3.63) is 35.9 Å². The maximum Gasteiger partial charge on any atom is 0.220 e. The third kappa shape index (κ3) is 4.94. The number of rotatable bonds is 7. The van der Waals surface area contributed by atoms with E-state index in [9.17, 15) is 9.90 Å². The third-order valence-electron chi connectivity index (χ3n) is 3.63. The number of hydrogen-bond acceptors (Lipinski definition) is 3. The molecule has 1 heterocycles. The molecule has 1 saturated heterocycles. The van der Waals surface area contributed by atoms with Gasteiger partial charge in [-0.2, -0.15) is 0 Å². The van der Waals surface area contributed by atoms with E-state index in [1.165, 1.54) is 0 Å². The summed E-state index contributed by atoms with van der Waals surface area (Å²) >= 11 is 0. The van der Waals surface area contributed by atoms with Crippen LogP contribution in [0.25, 0.3) is 0 Å². The van der Waals surface area contributed by atoms with E-state index in [1.54, 1.807) is 0 Å². The lowest BCUT2D eigenvalue weighted by Crippen LogP contribution is -2.39. The smallest absolute Gasteiger partial charge is 0.220 e.